The lowest BCUT2D eigenvalue weighted by Gasteiger charge is -2.19. The predicted octanol–water partition coefficient (Wildman–Crippen LogP) is 2.70. The number of rotatable bonds is 0. The van der Waals surface area contributed by atoms with Gasteiger partial charge in [0.15, 0.2) is 0 Å². The van der Waals surface area contributed by atoms with E-state index < -0.39 is 0 Å². The molecule has 4 heteroatoms. The third-order valence-corrected chi connectivity index (χ3v) is 3.16. The molecule has 1 heterocycles. The van der Waals surface area contributed by atoms with E-state index in [0.29, 0.717) is 0 Å². The Hall–Kier alpha value is 0.110. The largest absolute Gasteiger partial charge is 0.312 e. The van der Waals surface area contributed by atoms with Crippen molar-refractivity contribution in [3.05, 3.63) is 28.3 Å². The summed E-state index contributed by atoms with van der Waals surface area (Å²) in [6.45, 7) is 1.95. The van der Waals surface area contributed by atoms with Crippen molar-refractivity contribution in [2.75, 3.05) is 6.54 Å². The Morgan fingerprint density at radius 1 is 1.38 bits per heavy atom. The first-order chi connectivity index (χ1) is 5.79. The summed E-state index contributed by atoms with van der Waals surface area (Å²) in [7, 11) is 0. The fourth-order valence-electron chi connectivity index (χ4n) is 1.52. The van der Waals surface area contributed by atoms with Crippen LogP contribution in [-0.2, 0) is 13.0 Å². The van der Waals surface area contributed by atoms with Crippen LogP contribution in [0.1, 0.15) is 11.1 Å². The molecule has 1 aromatic rings. The average molecular weight is 236 g/mol. The second-order valence-corrected chi connectivity index (χ2v) is 3.81. The van der Waals surface area contributed by atoms with Gasteiger partial charge in [-0.25, -0.2) is 0 Å². The first-order valence-electron chi connectivity index (χ1n) is 3.99. The van der Waals surface area contributed by atoms with E-state index in [2.05, 4.69) is 24.0 Å². The molecular formula is C9H11Cl2NS. The molecule has 0 bridgehead atoms. The number of benzene rings is 1. The zero-order valence-corrected chi connectivity index (χ0v) is 9.48. The summed E-state index contributed by atoms with van der Waals surface area (Å²) in [5.41, 5.74) is 2.64. The maximum absolute atomic E-state index is 5.94. The summed E-state index contributed by atoms with van der Waals surface area (Å²) in [5, 5.41) is 4.05. The lowest BCUT2D eigenvalue weighted by molar-refractivity contribution is 0.635. The molecule has 0 saturated heterocycles. The van der Waals surface area contributed by atoms with Gasteiger partial charge in [-0.2, -0.15) is 0 Å². The van der Waals surface area contributed by atoms with Crippen molar-refractivity contribution in [3.8, 4) is 0 Å². The van der Waals surface area contributed by atoms with Crippen molar-refractivity contribution in [1.29, 1.82) is 0 Å². The number of halogens is 2. The molecule has 72 valence electrons. The predicted molar refractivity (Wildman–Crippen MR) is 61.4 cm³/mol. The first kappa shape index (κ1) is 11.2. The molecule has 1 N–H and O–H groups in total. The quantitative estimate of drug-likeness (QED) is 0.660. The maximum atomic E-state index is 5.94. The van der Waals surface area contributed by atoms with Crippen LogP contribution >= 0.6 is 36.6 Å². The number of hydrogen-bond donors (Lipinski definition) is 2. The van der Waals surface area contributed by atoms with E-state index in [0.717, 1.165) is 29.4 Å². The Morgan fingerprint density at radius 3 is 2.92 bits per heavy atom. The molecule has 0 spiro atoms. The summed E-state index contributed by atoms with van der Waals surface area (Å²) in [5.74, 6) is 0. The molecular weight excluding hydrogens is 225 g/mol. The van der Waals surface area contributed by atoms with Crippen LogP contribution in [0.5, 0.6) is 0 Å². The highest BCUT2D eigenvalue weighted by atomic mass is 35.5. The fraction of sp³-hybridized carbons (Fsp3) is 0.333. The molecule has 1 aromatic carbocycles. The average Bonchev–Trinajstić information content (AvgIpc) is 2.12. The Morgan fingerprint density at radius 2 is 2.15 bits per heavy atom. The zero-order valence-electron chi connectivity index (χ0n) is 7.01. The molecule has 0 amide bonds. The molecule has 1 aliphatic rings. The Balaban J connectivity index is 0.000000845. The van der Waals surface area contributed by atoms with Crippen LogP contribution in [-0.4, -0.2) is 6.54 Å². The van der Waals surface area contributed by atoms with Gasteiger partial charge in [0.25, 0.3) is 0 Å². The van der Waals surface area contributed by atoms with Crippen molar-refractivity contribution in [3.63, 3.8) is 0 Å². The summed E-state index contributed by atoms with van der Waals surface area (Å²) >= 11 is 10.3. The van der Waals surface area contributed by atoms with Crippen LogP contribution < -0.4 is 5.32 Å². The monoisotopic (exact) mass is 235 g/mol. The minimum absolute atomic E-state index is 0. The standard InChI is InChI=1S/C9H10ClNS.ClH/c10-8-2-1-6-3-4-11-5-7(6)9(8)12;/h1-2,11-12H,3-5H2;1H. The SMILES string of the molecule is Cl.Sc1c(Cl)ccc2c1CNCC2. The van der Waals surface area contributed by atoms with Gasteiger partial charge in [-0.3, -0.25) is 0 Å². The van der Waals surface area contributed by atoms with Gasteiger partial charge >= 0.3 is 0 Å². The number of hydrogen-bond acceptors (Lipinski definition) is 2. The van der Waals surface area contributed by atoms with Crippen LogP contribution in [0.25, 0.3) is 0 Å². The van der Waals surface area contributed by atoms with Crippen molar-refractivity contribution in [2.45, 2.75) is 17.9 Å². The van der Waals surface area contributed by atoms with E-state index in [1.807, 2.05) is 6.07 Å². The van der Waals surface area contributed by atoms with Crippen LogP contribution in [0.3, 0.4) is 0 Å². The van der Waals surface area contributed by atoms with E-state index in [-0.39, 0.29) is 12.4 Å². The number of thiol groups is 1. The molecule has 0 aromatic heterocycles. The van der Waals surface area contributed by atoms with Crippen LogP contribution in [0.15, 0.2) is 17.0 Å². The molecule has 0 unspecified atom stereocenters. The van der Waals surface area contributed by atoms with Gasteiger partial charge in [0, 0.05) is 11.4 Å². The second kappa shape index (κ2) is 4.56. The summed E-state index contributed by atoms with van der Waals surface area (Å²) < 4.78 is 0. The molecule has 0 saturated carbocycles. The van der Waals surface area contributed by atoms with Crippen LogP contribution in [0.4, 0.5) is 0 Å². The molecule has 1 nitrogen and oxygen atoms in total. The van der Waals surface area contributed by atoms with E-state index in [4.69, 9.17) is 11.6 Å². The van der Waals surface area contributed by atoms with Crippen molar-refractivity contribution < 1.29 is 0 Å². The molecule has 2 rings (SSSR count). The van der Waals surface area contributed by atoms with E-state index in [1.165, 1.54) is 11.1 Å². The number of fused-ring (bicyclic) bond motifs is 1. The molecule has 0 atom stereocenters. The highest BCUT2D eigenvalue weighted by Crippen LogP contribution is 2.28. The first-order valence-corrected chi connectivity index (χ1v) is 4.81. The topological polar surface area (TPSA) is 12.0 Å². The third kappa shape index (κ3) is 2.13. The summed E-state index contributed by atoms with van der Waals surface area (Å²) in [6, 6.07) is 4.02. The zero-order chi connectivity index (χ0) is 8.55. The van der Waals surface area contributed by atoms with Gasteiger partial charge in [0.1, 0.15) is 0 Å². The highest BCUT2D eigenvalue weighted by molar-refractivity contribution is 7.80. The van der Waals surface area contributed by atoms with Crippen molar-refractivity contribution >= 4 is 36.6 Å². The lowest BCUT2D eigenvalue weighted by Crippen LogP contribution is -2.23. The Labute approximate surface area is 94.7 Å². The van der Waals surface area contributed by atoms with Crippen LogP contribution in [0, 0.1) is 0 Å². The highest BCUT2D eigenvalue weighted by Gasteiger charge is 2.12. The summed E-state index contributed by atoms with van der Waals surface area (Å²) in [4.78, 5) is 0.932. The smallest absolute Gasteiger partial charge is 0.0542 e. The summed E-state index contributed by atoms with van der Waals surface area (Å²) in [6.07, 6.45) is 1.08. The minimum atomic E-state index is 0. The lowest BCUT2D eigenvalue weighted by atomic mass is 10.0. The van der Waals surface area contributed by atoms with Gasteiger partial charge in [-0.15, -0.1) is 25.0 Å². The van der Waals surface area contributed by atoms with Gasteiger partial charge in [0.2, 0.25) is 0 Å². The molecule has 0 fully saturated rings. The number of nitrogens with one attached hydrogen (secondary N) is 1. The molecule has 0 radical (unpaired) electrons. The normalized spacial score (nSPS) is 14.6. The third-order valence-electron chi connectivity index (χ3n) is 2.20. The van der Waals surface area contributed by atoms with E-state index >= 15 is 0 Å². The minimum Gasteiger partial charge on any atom is -0.312 e. The van der Waals surface area contributed by atoms with E-state index in [9.17, 15) is 0 Å². The fourth-order valence-corrected chi connectivity index (χ4v) is 1.99. The van der Waals surface area contributed by atoms with Gasteiger partial charge in [-0.1, -0.05) is 17.7 Å². The second-order valence-electron chi connectivity index (χ2n) is 2.96. The van der Waals surface area contributed by atoms with Gasteiger partial charge < -0.3 is 5.32 Å². The van der Waals surface area contributed by atoms with Crippen molar-refractivity contribution in [2.24, 2.45) is 0 Å². The molecule has 13 heavy (non-hydrogen) atoms. The molecule has 0 aliphatic carbocycles. The van der Waals surface area contributed by atoms with E-state index in [1.54, 1.807) is 0 Å². The Kier molecular flexibility index (Phi) is 3.92. The maximum Gasteiger partial charge on any atom is 0.0542 e. The van der Waals surface area contributed by atoms with Gasteiger partial charge in [0.05, 0.1) is 5.02 Å². The van der Waals surface area contributed by atoms with Gasteiger partial charge in [-0.05, 0) is 30.2 Å². The van der Waals surface area contributed by atoms with Crippen molar-refractivity contribution in [1.82, 2.24) is 5.32 Å². The molecule has 1 aliphatic heterocycles. The Bertz CT molecular complexity index is 315. The van der Waals surface area contributed by atoms with Crippen LogP contribution in [0.2, 0.25) is 5.02 Å².